The second kappa shape index (κ2) is 6.14. The molecular formula is C19H29F3O3. The van der Waals surface area contributed by atoms with E-state index in [0.717, 1.165) is 32.1 Å². The van der Waals surface area contributed by atoms with E-state index in [2.05, 4.69) is 0 Å². The molecule has 0 heterocycles. The molecule has 0 aliphatic heterocycles. The van der Waals surface area contributed by atoms with Gasteiger partial charge in [-0.25, -0.2) is 0 Å². The number of hydrogen-bond donors (Lipinski definition) is 1. The molecule has 6 heteroatoms. The third-order valence-electron chi connectivity index (χ3n) is 7.20. The van der Waals surface area contributed by atoms with Gasteiger partial charge in [-0.1, -0.05) is 6.92 Å². The van der Waals surface area contributed by atoms with Crippen LogP contribution in [-0.4, -0.2) is 29.5 Å². The van der Waals surface area contributed by atoms with Gasteiger partial charge in [0.2, 0.25) is 0 Å². The average molecular weight is 362 g/mol. The zero-order valence-corrected chi connectivity index (χ0v) is 15.2. The van der Waals surface area contributed by atoms with Crippen molar-refractivity contribution in [3.05, 3.63) is 0 Å². The minimum absolute atomic E-state index is 0.333. The Hall–Kier alpha value is -0.780. The smallest absolute Gasteiger partial charge is 0.414 e. The van der Waals surface area contributed by atoms with Crippen LogP contribution in [0.5, 0.6) is 0 Å². The lowest BCUT2D eigenvalue weighted by atomic mass is 9.70. The largest absolute Gasteiger partial charge is 0.461 e. The van der Waals surface area contributed by atoms with E-state index >= 15 is 0 Å². The Labute approximate surface area is 147 Å². The fraction of sp³-hybridized carbons (Fsp3) is 0.947. The van der Waals surface area contributed by atoms with Crippen molar-refractivity contribution >= 4 is 5.97 Å². The normalized spacial score (nSPS) is 36.5. The molecule has 4 unspecified atom stereocenters. The molecule has 4 atom stereocenters. The van der Waals surface area contributed by atoms with Crippen LogP contribution in [0, 0.1) is 28.6 Å². The molecule has 0 spiro atoms. The minimum atomic E-state index is -4.68. The predicted octanol–water partition coefficient (Wildman–Crippen LogP) is 4.47. The highest BCUT2D eigenvalue weighted by Gasteiger charge is 2.63. The second-order valence-corrected chi connectivity index (χ2v) is 9.20. The van der Waals surface area contributed by atoms with Gasteiger partial charge in [-0.05, 0) is 70.1 Å². The van der Waals surface area contributed by atoms with Gasteiger partial charge in [-0.2, -0.15) is 13.2 Å². The zero-order chi connectivity index (χ0) is 18.6. The number of halogens is 3. The lowest BCUT2D eigenvalue weighted by molar-refractivity contribution is -0.221. The fourth-order valence-corrected chi connectivity index (χ4v) is 5.55. The molecule has 0 aromatic carbocycles. The predicted molar refractivity (Wildman–Crippen MR) is 86.6 cm³/mol. The maximum atomic E-state index is 13.0. The van der Waals surface area contributed by atoms with E-state index in [-0.39, 0.29) is 5.41 Å². The van der Waals surface area contributed by atoms with E-state index in [0.29, 0.717) is 24.2 Å². The van der Waals surface area contributed by atoms with Gasteiger partial charge in [0.15, 0.2) is 6.10 Å². The zero-order valence-electron chi connectivity index (χ0n) is 15.2. The van der Waals surface area contributed by atoms with E-state index in [1.54, 1.807) is 13.8 Å². The van der Waals surface area contributed by atoms with Crippen LogP contribution in [0.4, 0.5) is 13.2 Å². The van der Waals surface area contributed by atoms with Crippen molar-refractivity contribution in [3.63, 3.8) is 0 Å². The van der Waals surface area contributed by atoms with Crippen LogP contribution in [0.15, 0.2) is 0 Å². The number of carbonyl (C=O) groups excluding carboxylic acids is 1. The molecule has 4 rings (SSSR count). The Balaban J connectivity index is 1.84. The Bertz CT molecular complexity index is 514. The van der Waals surface area contributed by atoms with Crippen LogP contribution < -0.4 is 0 Å². The molecule has 144 valence electrons. The topological polar surface area (TPSA) is 46.5 Å². The summed E-state index contributed by atoms with van der Waals surface area (Å²) >= 11 is 0. The maximum absolute atomic E-state index is 13.0. The molecule has 0 aromatic heterocycles. The van der Waals surface area contributed by atoms with Crippen molar-refractivity contribution in [2.45, 2.75) is 84.1 Å². The van der Waals surface area contributed by atoms with E-state index in [4.69, 9.17) is 4.74 Å². The summed E-state index contributed by atoms with van der Waals surface area (Å²) in [5.74, 6) is 0.969. The number of aliphatic hydroxyl groups is 1. The standard InChI is InChI=1S/C19H29F3O3/c1-4-17(2,3)16(24)25-15(8-14(23)19(20,21)22)18-9-11-5-12(10-18)7-13(18)6-11/h11-15,23H,4-10H2,1-3H3. The second-order valence-electron chi connectivity index (χ2n) is 9.20. The first-order valence-electron chi connectivity index (χ1n) is 9.44. The molecule has 25 heavy (non-hydrogen) atoms. The summed E-state index contributed by atoms with van der Waals surface area (Å²) in [5, 5.41) is 9.67. The molecule has 4 fully saturated rings. The van der Waals surface area contributed by atoms with Gasteiger partial charge in [0, 0.05) is 11.8 Å². The van der Waals surface area contributed by atoms with Crippen LogP contribution in [0.25, 0.3) is 0 Å². The van der Waals surface area contributed by atoms with Crippen LogP contribution in [0.3, 0.4) is 0 Å². The Kier molecular flexibility index (Phi) is 4.66. The molecule has 4 aliphatic carbocycles. The summed E-state index contributed by atoms with van der Waals surface area (Å²) in [6.45, 7) is 5.37. The molecule has 3 nitrogen and oxygen atoms in total. The number of alkyl halides is 3. The maximum Gasteiger partial charge on any atom is 0.414 e. The van der Waals surface area contributed by atoms with Gasteiger partial charge in [0.05, 0.1) is 5.41 Å². The third-order valence-corrected chi connectivity index (χ3v) is 7.20. The number of carbonyl (C=O) groups is 1. The van der Waals surface area contributed by atoms with Crippen molar-refractivity contribution in [3.8, 4) is 0 Å². The van der Waals surface area contributed by atoms with Crippen LogP contribution in [0.1, 0.15) is 65.7 Å². The molecule has 1 N–H and O–H groups in total. The first kappa shape index (κ1) is 19.0. The van der Waals surface area contributed by atoms with Gasteiger partial charge >= 0.3 is 12.1 Å². The lowest BCUT2D eigenvalue weighted by Crippen LogP contribution is -2.46. The van der Waals surface area contributed by atoms with Crippen molar-refractivity contribution < 1.29 is 27.8 Å². The minimum Gasteiger partial charge on any atom is -0.461 e. The van der Waals surface area contributed by atoms with E-state index in [1.807, 2.05) is 6.92 Å². The van der Waals surface area contributed by atoms with Gasteiger partial charge in [-0.15, -0.1) is 0 Å². The van der Waals surface area contributed by atoms with Crippen molar-refractivity contribution in [2.24, 2.45) is 28.6 Å². The molecular weight excluding hydrogens is 333 g/mol. The van der Waals surface area contributed by atoms with Crippen LogP contribution in [-0.2, 0) is 9.53 Å². The summed E-state index contributed by atoms with van der Waals surface area (Å²) in [6.07, 6.45) is -3.06. The van der Waals surface area contributed by atoms with Gasteiger partial charge in [0.25, 0.3) is 0 Å². The highest BCUT2D eigenvalue weighted by atomic mass is 19.4. The van der Waals surface area contributed by atoms with Crippen molar-refractivity contribution in [1.29, 1.82) is 0 Å². The number of rotatable bonds is 6. The highest BCUT2D eigenvalue weighted by Crippen LogP contribution is 2.67. The first-order chi connectivity index (χ1) is 11.5. The van der Waals surface area contributed by atoms with E-state index in [9.17, 15) is 23.1 Å². The molecule has 0 radical (unpaired) electrons. The Morgan fingerprint density at radius 3 is 2.24 bits per heavy atom. The van der Waals surface area contributed by atoms with Gasteiger partial charge in [0.1, 0.15) is 6.10 Å². The SMILES string of the molecule is CCC(C)(C)C(=O)OC(CC(O)C(F)(F)F)C12CC3CC(CC1C3)C2. The molecule has 0 aromatic rings. The molecule has 4 bridgehead atoms. The van der Waals surface area contributed by atoms with Gasteiger partial charge in [-0.3, -0.25) is 4.79 Å². The third kappa shape index (κ3) is 3.31. The molecule has 0 amide bonds. The summed E-state index contributed by atoms with van der Waals surface area (Å²) in [4.78, 5) is 12.6. The average Bonchev–Trinajstić information content (AvgIpc) is 2.90. The fourth-order valence-electron chi connectivity index (χ4n) is 5.55. The quantitative estimate of drug-likeness (QED) is 0.709. The lowest BCUT2D eigenvalue weighted by Gasteiger charge is -2.41. The number of esters is 1. The van der Waals surface area contributed by atoms with Crippen molar-refractivity contribution in [2.75, 3.05) is 0 Å². The summed E-state index contributed by atoms with van der Waals surface area (Å²) in [7, 11) is 0. The number of hydrogen-bond acceptors (Lipinski definition) is 3. The number of aliphatic hydroxyl groups excluding tert-OH is 1. The Morgan fingerprint density at radius 1 is 1.20 bits per heavy atom. The first-order valence-corrected chi connectivity index (χ1v) is 9.44. The monoisotopic (exact) mass is 362 g/mol. The molecule has 0 saturated heterocycles. The summed E-state index contributed by atoms with van der Waals surface area (Å²) in [5.41, 5.74) is -1.09. The van der Waals surface area contributed by atoms with Crippen molar-refractivity contribution in [1.82, 2.24) is 0 Å². The summed E-state index contributed by atoms with van der Waals surface area (Å²) < 4.78 is 44.6. The van der Waals surface area contributed by atoms with Gasteiger partial charge < -0.3 is 9.84 Å². The van der Waals surface area contributed by atoms with E-state index < -0.39 is 36.2 Å². The Morgan fingerprint density at radius 2 is 1.76 bits per heavy atom. The van der Waals surface area contributed by atoms with E-state index in [1.165, 1.54) is 0 Å². The molecule has 4 saturated carbocycles. The highest BCUT2D eigenvalue weighted by molar-refractivity contribution is 5.76. The van der Waals surface area contributed by atoms with Crippen LogP contribution >= 0.6 is 0 Å². The number of ether oxygens (including phenoxy) is 1. The molecule has 4 aliphatic rings. The summed E-state index contributed by atoms with van der Waals surface area (Å²) in [6, 6.07) is 0. The van der Waals surface area contributed by atoms with Crippen LogP contribution in [0.2, 0.25) is 0 Å².